The van der Waals surface area contributed by atoms with Gasteiger partial charge in [-0.15, -0.1) is 6.42 Å². The van der Waals surface area contributed by atoms with Gasteiger partial charge in [-0.05, 0) is 18.2 Å². The lowest BCUT2D eigenvalue weighted by atomic mass is 10.2. The van der Waals surface area contributed by atoms with E-state index in [-0.39, 0.29) is 0 Å². The molecule has 21 heavy (non-hydrogen) atoms. The number of fused-ring (bicyclic) bond motifs is 2. The highest BCUT2D eigenvalue weighted by Gasteiger charge is 2.12. The molecule has 0 unspecified atom stereocenters. The van der Waals surface area contributed by atoms with Crippen molar-refractivity contribution in [1.82, 2.24) is 14.5 Å². The van der Waals surface area contributed by atoms with Gasteiger partial charge in [-0.2, -0.15) is 0 Å². The summed E-state index contributed by atoms with van der Waals surface area (Å²) in [6, 6.07) is 16.3. The van der Waals surface area contributed by atoms with Crippen molar-refractivity contribution in [2.75, 3.05) is 0 Å². The number of hydrogen-bond donors (Lipinski definition) is 1. The maximum Gasteiger partial charge on any atom is 0.140 e. The van der Waals surface area contributed by atoms with Crippen molar-refractivity contribution in [2.45, 2.75) is 6.54 Å². The largest absolute Gasteiger partial charge is 0.338 e. The van der Waals surface area contributed by atoms with Gasteiger partial charge < -0.3 is 9.55 Å². The number of terminal acetylenes is 1. The summed E-state index contributed by atoms with van der Waals surface area (Å²) in [5, 5.41) is 1.16. The Hall–Kier alpha value is -2.99. The van der Waals surface area contributed by atoms with Crippen molar-refractivity contribution in [1.29, 1.82) is 0 Å². The highest BCUT2D eigenvalue weighted by molar-refractivity contribution is 5.96. The molecule has 0 saturated carbocycles. The van der Waals surface area contributed by atoms with E-state index in [1.54, 1.807) is 0 Å². The molecule has 4 rings (SSSR count). The molecule has 0 saturated heterocycles. The second kappa shape index (κ2) is 4.53. The molecule has 4 aromatic rings. The van der Waals surface area contributed by atoms with E-state index in [2.05, 4.69) is 38.8 Å². The quantitative estimate of drug-likeness (QED) is 0.552. The summed E-state index contributed by atoms with van der Waals surface area (Å²) in [5.41, 5.74) is 4.23. The minimum absolute atomic E-state index is 0.556. The third-order valence-electron chi connectivity index (χ3n) is 3.69. The molecule has 2 aromatic carbocycles. The number of H-pyrrole nitrogens is 1. The van der Waals surface area contributed by atoms with Crippen LogP contribution in [0, 0.1) is 12.3 Å². The van der Waals surface area contributed by atoms with Crippen LogP contribution in [0.25, 0.3) is 33.3 Å². The molecule has 0 fully saturated rings. The van der Waals surface area contributed by atoms with Gasteiger partial charge in [-0.1, -0.05) is 36.3 Å². The van der Waals surface area contributed by atoms with Crippen LogP contribution in [0.2, 0.25) is 0 Å². The van der Waals surface area contributed by atoms with E-state index >= 15 is 0 Å². The van der Waals surface area contributed by atoms with Gasteiger partial charge in [0.25, 0.3) is 0 Å². The lowest BCUT2D eigenvalue weighted by Crippen LogP contribution is -1.91. The third-order valence-corrected chi connectivity index (χ3v) is 3.69. The number of aromatic nitrogens is 3. The lowest BCUT2D eigenvalue weighted by molar-refractivity contribution is 0.887. The van der Waals surface area contributed by atoms with Crippen LogP contribution >= 0.6 is 0 Å². The molecule has 2 heterocycles. The smallest absolute Gasteiger partial charge is 0.140 e. The van der Waals surface area contributed by atoms with Crippen LogP contribution in [0.1, 0.15) is 0 Å². The van der Waals surface area contributed by atoms with E-state index in [0.29, 0.717) is 6.54 Å². The minimum atomic E-state index is 0.556. The molecule has 0 amide bonds. The van der Waals surface area contributed by atoms with Crippen molar-refractivity contribution >= 4 is 21.9 Å². The van der Waals surface area contributed by atoms with Crippen LogP contribution in [0.3, 0.4) is 0 Å². The van der Waals surface area contributed by atoms with Crippen molar-refractivity contribution in [3.63, 3.8) is 0 Å². The zero-order valence-corrected chi connectivity index (χ0v) is 11.4. The molecule has 0 bridgehead atoms. The molecule has 0 spiro atoms. The van der Waals surface area contributed by atoms with Crippen LogP contribution in [0.15, 0.2) is 54.7 Å². The van der Waals surface area contributed by atoms with Crippen LogP contribution in [-0.2, 0) is 6.54 Å². The van der Waals surface area contributed by atoms with Crippen molar-refractivity contribution < 1.29 is 0 Å². The standard InChI is InChI=1S/C18H13N3/c1-2-11-21-12-14(13-7-3-6-10-17(13)21)18-19-15-8-4-5-9-16(15)20-18/h1,3-10,12H,11H2,(H,19,20). The topological polar surface area (TPSA) is 33.6 Å². The van der Waals surface area contributed by atoms with Crippen LogP contribution in [-0.4, -0.2) is 14.5 Å². The minimum Gasteiger partial charge on any atom is -0.338 e. The van der Waals surface area contributed by atoms with Gasteiger partial charge in [-0.3, -0.25) is 0 Å². The van der Waals surface area contributed by atoms with E-state index < -0.39 is 0 Å². The molecular weight excluding hydrogens is 258 g/mol. The molecule has 100 valence electrons. The lowest BCUT2D eigenvalue weighted by Gasteiger charge is -1.97. The van der Waals surface area contributed by atoms with E-state index in [1.807, 2.05) is 36.4 Å². The molecule has 0 aliphatic heterocycles. The average Bonchev–Trinajstić information content (AvgIpc) is 3.09. The maximum atomic E-state index is 5.47. The first-order valence-corrected chi connectivity index (χ1v) is 6.83. The fraction of sp³-hybridized carbons (Fsp3) is 0.0556. The highest BCUT2D eigenvalue weighted by atomic mass is 15.0. The summed E-state index contributed by atoms with van der Waals surface area (Å²) in [5.74, 6) is 3.58. The van der Waals surface area contributed by atoms with Gasteiger partial charge in [0, 0.05) is 22.7 Å². The molecule has 1 N–H and O–H groups in total. The number of nitrogens with zero attached hydrogens (tertiary/aromatic N) is 2. The predicted octanol–water partition coefficient (Wildman–Crippen LogP) is 3.82. The van der Waals surface area contributed by atoms with Crippen LogP contribution < -0.4 is 0 Å². The average molecular weight is 271 g/mol. The SMILES string of the molecule is C#CCn1cc(-c2nc3ccccc3[nH]2)c2ccccc21. The Kier molecular flexibility index (Phi) is 2.55. The monoisotopic (exact) mass is 271 g/mol. The zero-order chi connectivity index (χ0) is 14.2. The molecular formula is C18H13N3. The highest BCUT2D eigenvalue weighted by Crippen LogP contribution is 2.30. The fourth-order valence-corrected chi connectivity index (χ4v) is 2.74. The van der Waals surface area contributed by atoms with Gasteiger partial charge in [0.1, 0.15) is 5.82 Å². The van der Waals surface area contributed by atoms with E-state index in [0.717, 1.165) is 33.3 Å². The molecule has 0 atom stereocenters. The number of benzene rings is 2. The van der Waals surface area contributed by atoms with Gasteiger partial charge in [0.05, 0.1) is 17.6 Å². The van der Waals surface area contributed by atoms with Crippen LogP contribution in [0.4, 0.5) is 0 Å². The summed E-state index contributed by atoms with van der Waals surface area (Å²) in [7, 11) is 0. The zero-order valence-electron chi connectivity index (χ0n) is 11.4. The van der Waals surface area contributed by atoms with Gasteiger partial charge >= 0.3 is 0 Å². The van der Waals surface area contributed by atoms with Gasteiger partial charge in [0.2, 0.25) is 0 Å². The molecule has 3 heteroatoms. The van der Waals surface area contributed by atoms with E-state index in [4.69, 9.17) is 6.42 Å². The Balaban J connectivity index is 1.99. The Morgan fingerprint density at radius 2 is 1.90 bits per heavy atom. The summed E-state index contributed by atoms with van der Waals surface area (Å²) in [6.07, 6.45) is 7.54. The summed E-state index contributed by atoms with van der Waals surface area (Å²) >= 11 is 0. The number of hydrogen-bond acceptors (Lipinski definition) is 1. The van der Waals surface area contributed by atoms with E-state index in [1.165, 1.54) is 0 Å². The second-order valence-corrected chi connectivity index (χ2v) is 4.99. The first kappa shape index (κ1) is 11.8. The second-order valence-electron chi connectivity index (χ2n) is 4.99. The summed E-state index contributed by atoms with van der Waals surface area (Å²) in [6.45, 7) is 0.556. The normalized spacial score (nSPS) is 11.0. The molecule has 0 aliphatic rings. The Morgan fingerprint density at radius 3 is 2.76 bits per heavy atom. The first-order valence-electron chi connectivity index (χ1n) is 6.83. The molecule has 0 radical (unpaired) electrons. The summed E-state index contributed by atoms with van der Waals surface area (Å²) in [4.78, 5) is 8.07. The van der Waals surface area contributed by atoms with Crippen molar-refractivity contribution in [2.24, 2.45) is 0 Å². The van der Waals surface area contributed by atoms with Gasteiger partial charge in [0.15, 0.2) is 0 Å². The van der Waals surface area contributed by atoms with Crippen molar-refractivity contribution in [3.05, 3.63) is 54.7 Å². The summed E-state index contributed by atoms with van der Waals surface area (Å²) < 4.78 is 2.08. The molecule has 2 aromatic heterocycles. The predicted molar refractivity (Wildman–Crippen MR) is 85.9 cm³/mol. The van der Waals surface area contributed by atoms with Crippen molar-refractivity contribution in [3.8, 4) is 23.7 Å². The number of nitrogens with one attached hydrogen (secondary N) is 1. The third kappa shape index (κ3) is 1.81. The Bertz CT molecular complexity index is 949. The Labute approximate surface area is 122 Å². The molecule has 3 nitrogen and oxygen atoms in total. The van der Waals surface area contributed by atoms with Crippen LogP contribution in [0.5, 0.6) is 0 Å². The fourth-order valence-electron chi connectivity index (χ4n) is 2.74. The number of imidazole rings is 1. The van der Waals surface area contributed by atoms with E-state index in [9.17, 15) is 0 Å². The molecule has 0 aliphatic carbocycles. The number of aromatic amines is 1. The Morgan fingerprint density at radius 1 is 1.10 bits per heavy atom. The number of rotatable bonds is 2. The first-order chi connectivity index (χ1) is 10.4. The number of para-hydroxylation sites is 3. The van der Waals surface area contributed by atoms with Gasteiger partial charge in [-0.25, -0.2) is 4.98 Å². The maximum absolute atomic E-state index is 5.47.